The number of nitrogens with zero attached hydrogens (tertiary/aromatic N) is 4. The minimum absolute atomic E-state index is 0.0195. The van der Waals surface area contributed by atoms with Crippen LogP contribution in [0.25, 0.3) is 0 Å². The van der Waals surface area contributed by atoms with Gasteiger partial charge in [-0.15, -0.1) is 0 Å². The van der Waals surface area contributed by atoms with Crippen LogP contribution in [0.4, 0.5) is 0 Å². The van der Waals surface area contributed by atoms with Crippen molar-refractivity contribution in [2.75, 3.05) is 128 Å². The number of hydrogen-bond acceptors (Lipinski definition) is 14. The third kappa shape index (κ3) is 55.8. The molecule has 484 valence electrons. The molecule has 0 saturated carbocycles. The van der Waals surface area contributed by atoms with E-state index in [-0.39, 0.29) is 24.7 Å². The standard InChI is InChI=1S/C66H128N4O8S4/c1-5-9-13-17-21-25-29-33-37-41-59-75-79-63-55-67-47-45-49-70(58-66-82(73,74)78-62-44-40-36-32-28-24-20-16-12-8-4)54-52-68(56-64-80-76-60-42-38-34-30-26-22-18-14-10-6-2)48-46-50-69(53-51-67)57-65-81(71,72)77-61-43-39-35-31-27-23-19-15-11-7-3/h25-32H,5-24,33-66H2,1-4H3/b29-25-,30-26-,31-27-,32-28-. The van der Waals surface area contributed by atoms with E-state index in [1.807, 2.05) is 0 Å². The van der Waals surface area contributed by atoms with Crippen molar-refractivity contribution in [3.8, 4) is 0 Å². The molecule has 1 fully saturated rings. The van der Waals surface area contributed by atoms with Gasteiger partial charge >= 0.3 is 0 Å². The van der Waals surface area contributed by atoms with Crippen molar-refractivity contribution in [1.29, 1.82) is 0 Å². The monoisotopic (exact) mass is 1230 g/mol. The van der Waals surface area contributed by atoms with E-state index in [1.54, 1.807) is 24.1 Å². The topological polar surface area (TPSA) is 118 Å². The van der Waals surface area contributed by atoms with Gasteiger partial charge in [0.15, 0.2) is 0 Å². The molecule has 0 spiro atoms. The molecule has 0 N–H and O–H groups in total. The number of unbranched alkanes of at least 4 members (excludes halogenated alkanes) is 24. The Morgan fingerprint density at radius 1 is 0.317 bits per heavy atom. The highest BCUT2D eigenvalue weighted by Crippen LogP contribution is 2.14. The van der Waals surface area contributed by atoms with Gasteiger partial charge in [-0.05, 0) is 192 Å². The van der Waals surface area contributed by atoms with Gasteiger partial charge in [0.2, 0.25) is 0 Å². The van der Waals surface area contributed by atoms with E-state index in [2.05, 4.69) is 95.9 Å². The van der Waals surface area contributed by atoms with Gasteiger partial charge in [0, 0.05) is 63.9 Å². The summed E-state index contributed by atoms with van der Waals surface area (Å²) in [5.41, 5.74) is 0. The Kier molecular flexibility index (Phi) is 58.5. The number of hydrogen-bond donors (Lipinski definition) is 0. The van der Waals surface area contributed by atoms with Crippen LogP contribution in [-0.2, 0) is 37.0 Å². The maximum absolute atomic E-state index is 13.3. The normalized spacial score (nSPS) is 15.9. The molecule has 1 saturated heterocycles. The van der Waals surface area contributed by atoms with E-state index < -0.39 is 20.2 Å². The third-order valence-corrected chi connectivity index (χ3v) is 18.9. The summed E-state index contributed by atoms with van der Waals surface area (Å²) < 4.78 is 76.4. The van der Waals surface area contributed by atoms with Crippen molar-refractivity contribution < 1.29 is 33.6 Å². The van der Waals surface area contributed by atoms with E-state index in [0.717, 1.165) is 193 Å². The molecule has 0 aliphatic carbocycles. The summed E-state index contributed by atoms with van der Waals surface area (Å²) in [6.45, 7) is 19.9. The second-order valence-corrected chi connectivity index (χ2v) is 28.1. The number of allylic oxidation sites excluding steroid dienone is 8. The first kappa shape index (κ1) is 79.3. The zero-order valence-electron chi connectivity index (χ0n) is 53.5. The third-order valence-electron chi connectivity index (χ3n) is 15.1. The average Bonchev–Trinajstić information content (AvgIpc) is 3.47. The molecular weight excluding hydrogens is 1110 g/mol. The van der Waals surface area contributed by atoms with Crippen molar-refractivity contribution in [2.24, 2.45) is 0 Å². The lowest BCUT2D eigenvalue weighted by Gasteiger charge is -2.32. The Bertz CT molecular complexity index is 1580. The van der Waals surface area contributed by atoms with Gasteiger partial charge in [-0.25, -0.2) is 0 Å². The molecular formula is C66H128N4O8S4. The van der Waals surface area contributed by atoms with Gasteiger partial charge in [-0.1, -0.05) is 153 Å². The minimum atomic E-state index is -3.67. The molecule has 0 bridgehead atoms. The van der Waals surface area contributed by atoms with Crippen molar-refractivity contribution in [3.63, 3.8) is 0 Å². The van der Waals surface area contributed by atoms with Crippen molar-refractivity contribution in [1.82, 2.24) is 19.6 Å². The minimum Gasteiger partial charge on any atom is -0.315 e. The fraction of sp³-hybridized carbons (Fsp3) is 0.879. The molecule has 0 amide bonds. The Morgan fingerprint density at radius 3 is 0.854 bits per heavy atom. The Balaban J connectivity index is 3.00. The van der Waals surface area contributed by atoms with Gasteiger partial charge in [-0.3, -0.25) is 8.37 Å². The highest BCUT2D eigenvalue weighted by Gasteiger charge is 2.20. The predicted octanol–water partition coefficient (Wildman–Crippen LogP) is 16.8. The van der Waals surface area contributed by atoms with Crippen LogP contribution < -0.4 is 0 Å². The molecule has 1 aliphatic heterocycles. The molecule has 1 heterocycles. The first-order valence-electron chi connectivity index (χ1n) is 33.9. The second-order valence-electron chi connectivity index (χ2n) is 22.8. The van der Waals surface area contributed by atoms with Crippen LogP contribution in [0.1, 0.15) is 246 Å². The van der Waals surface area contributed by atoms with Gasteiger partial charge in [0.05, 0.1) is 37.9 Å². The van der Waals surface area contributed by atoms with Crippen LogP contribution in [0.3, 0.4) is 0 Å². The van der Waals surface area contributed by atoms with Crippen molar-refractivity contribution >= 4 is 44.3 Å². The Hall–Kier alpha value is -0.760. The number of rotatable bonds is 56. The van der Waals surface area contributed by atoms with Crippen LogP contribution >= 0.6 is 24.1 Å². The molecule has 12 nitrogen and oxygen atoms in total. The molecule has 1 aliphatic rings. The smallest absolute Gasteiger partial charge is 0.268 e. The molecule has 82 heavy (non-hydrogen) atoms. The first-order valence-corrected chi connectivity index (χ1v) is 38.8. The van der Waals surface area contributed by atoms with Crippen LogP contribution in [0.15, 0.2) is 48.6 Å². The summed E-state index contributed by atoms with van der Waals surface area (Å²) in [5, 5.41) is 0. The lowest BCUT2D eigenvalue weighted by Crippen LogP contribution is -2.43. The molecule has 0 aromatic carbocycles. The summed E-state index contributed by atoms with van der Waals surface area (Å²) in [6.07, 6.45) is 57.1. The summed E-state index contributed by atoms with van der Waals surface area (Å²) >= 11 is 3.11. The lowest BCUT2D eigenvalue weighted by molar-refractivity contribution is 0.168. The summed E-state index contributed by atoms with van der Waals surface area (Å²) in [6, 6.07) is 0. The summed E-state index contributed by atoms with van der Waals surface area (Å²) in [4.78, 5) is 9.63. The Labute approximate surface area is 517 Å². The molecule has 0 aromatic heterocycles. The van der Waals surface area contributed by atoms with Crippen LogP contribution in [0.2, 0.25) is 0 Å². The van der Waals surface area contributed by atoms with Crippen LogP contribution in [0.5, 0.6) is 0 Å². The van der Waals surface area contributed by atoms with Gasteiger partial charge in [0.1, 0.15) is 0 Å². The fourth-order valence-electron chi connectivity index (χ4n) is 9.76. The highest BCUT2D eigenvalue weighted by molar-refractivity contribution is 7.94. The van der Waals surface area contributed by atoms with Gasteiger partial charge < -0.3 is 28.0 Å². The van der Waals surface area contributed by atoms with Gasteiger partial charge in [-0.2, -0.15) is 16.8 Å². The zero-order chi connectivity index (χ0) is 59.4. The largest absolute Gasteiger partial charge is 0.315 e. The quantitative estimate of drug-likeness (QED) is 0.0249. The summed E-state index contributed by atoms with van der Waals surface area (Å²) in [5.74, 6) is 1.65. The lowest BCUT2D eigenvalue weighted by atomic mass is 10.1. The SMILES string of the molecule is CCCCCC/C=C\CCCCOSCCN1CCCN(CCS(=O)(=O)OCCCC/C=C\CCCCCC)CCN(CCSOCCCC/C=C\CCCCCC)CCCN(CCS(=O)(=O)OCCCC/C=C\CCCCCC)CC1. The predicted molar refractivity (Wildman–Crippen MR) is 358 cm³/mol. The molecule has 16 heteroatoms. The molecule has 0 aromatic rings. The van der Waals surface area contributed by atoms with Gasteiger partial charge in [0.25, 0.3) is 20.2 Å². The second kappa shape index (κ2) is 60.5. The van der Waals surface area contributed by atoms with Crippen molar-refractivity contribution in [2.45, 2.75) is 246 Å². The van der Waals surface area contributed by atoms with E-state index >= 15 is 0 Å². The van der Waals surface area contributed by atoms with Crippen molar-refractivity contribution in [3.05, 3.63) is 48.6 Å². The maximum Gasteiger partial charge on any atom is 0.268 e. The van der Waals surface area contributed by atoms with E-state index in [1.165, 1.54) is 116 Å². The first-order chi connectivity index (χ1) is 40.1. The molecule has 1 rings (SSSR count). The molecule has 0 atom stereocenters. The highest BCUT2D eigenvalue weighted by atomic mass is 32.2. The fourth-order valence-corrected chi connectivity index (χ4v) is 13.1. The Morgan fingerprint density at radius 2 is 0.573 bits per heavy atom. The van der Waals surface area contributed by atoms with E-state index in [0.29, 0.717) is 13.1 Å². The van der Waals surface area contributed by atoms with Crippen LogP contribution in [-0.4, -0.2) is 164 Å². The van der Waals surface area contributed by atoms with E-state index in [9.17, 15) is 16.8 Å². The summed E-state index contributed by atoms with van der Waals surface area (Å²) in [7, 11) is -7.34. The zero-order valence-corrected chi connectivity index (χ0v) is 56.8. The molecule has 0 radical (unpaired) electrons. The molecule has 0 unspecified atom stereocenters. The maximum atomic E-state index is 13.3. The van der Waals surface area contributed by atoms with E-state index in [4.69, 9.17) is 16.7 Å². The van der Waals surface area contributed by atoms with Crippen LogP contribution in [0, 0.1) is 0 Å². The average molecular weight is 1230 g/mol.